The second kappa shape index (κ2) is 5.55. The Balaban J connectivity index is 1.71. The van der Waals surface area contributed by atoms with Crippen LogP contribution in [-0.4, -0.2) is 34.4 Å². The van der Waals surface area contributed by atoms with Crippen LogP contribution in [-0.2, 0) is 4.79 Å². The molecule has 0 spiro atoms. The first-order chi connectivity index (χ1) is 10.1. The number of nitrogens with zero attached hydrogens (tertiary/aromatic N) is 2. The number of hydrogen-bond donors (Lipinski definition) is 2. The molecule has 1 aromatic carbocycles. The highest BCUT2D eigenvalue weighted by molar-refractivity contribution is 5.70. The lowest BCUT2D eigenvalue weighted by molar-refractivity contribution is -0.142. The van der Waals surface area contributed by atoms with Crippen molar-refractivity contribution in [2.45, 2.75) is 12.8 Å². The highest BCUT2D eigenvalue weighted by Crippen LogP contribution is 2.26. The Morgan fingerprint density at radius 1 is 1.29 bits per heavy atom. The van der Waals surface area contributed by atoms with Gasteiger partial charge in [-0.25, -0.2) is 4.39 Å². The average Bonchev–Trinajstić information content (AvgIpc) is 2.98. The molecule has 5 nitrogen and oxygen atoms in total. The molecule has 1 fully saturated rings. The predicted octanol–water partition coefficient (Wildman–Crippen LogP) is 2.52. The molecule has 21 heavy (non-hydrogen) atoms. The SMILES string of the molecule is O=C(O)C1CCN(c2cc(-c3ccc(F)cc3)[nH]n2)CC1. The van der Waals surface area contributed by atoms with Crippen LogP contribution in [0.4, 0.5) is 10.2 Å². The van der Waals surface area contributed by atoms with Crippen LogP contribution < -0.4 is 4.90 Å². The van der Waals surface area contributed by atoms with E-state index in [0.29, 0.717) is 25.9 Å². The van der Waals surface area contributed by atoms with E-state index < -0.39 is 5.97 Å². The summed E-state index contributed by atoms with van der Waals surface area (Å²) in [6.45, 7) is 1.37. The molecule has 0 atom stereocenters. The minimum atomic E-state index is -0.719. The zero-order chi connectivity index (χ0) is 14.8. The van der Waals surface area contributed by atoms with Gasteiger partial charge in [0.25, 0.3) is 0 Å². The van der Waals surface area contributed by atoms with Gasteiger partial charge in [-0.3, -0.25) is 9.89 Å². The molecule has 2 N–H and O–H groups in total. The number of halogens is 1. The van der Waals surface area contributed by atoms with Gasteiger partial charge in [-0.05, 0) is 42.7 Å². The molecule has 0 aliphatic carbocycles. The van der Waals surface area contributed by atoms with Crippen LogP contribution in [0.2, 0.25) is 0 Å². The number of aliphatic carboxylic acids is 1. The maximum absolute atomic E-state index is 12.9. The van der Waals surface area contributed by atoms with E-state index >= 15 is 0 Å². The minimum absolute atomic E-state index is 0.253. The molecule has 6 heteroatoms. The highest BCUT2D eigenvalue weighted by atomic mass is 19.1. The lowest BCUT2D eigenvalue weighted by Gasteiger charge is -2.29. The number of hydrogen-bond acceptors (Lipinski definition) is 3. The number of rotatable bonds is 3. The molecule has 0 amide bonds. The van der Waals surface area contributed by atoms with Gasteiger partial charge in [-0.15, -0.1) is 0 Å². The number of carbonyl (C=O) groups is 1. The average molecular weight is 289 g/mol. The summed E-state index contributed by atoms with van der Waals surface area (Å²) in [5.41, 5.74) is 1.70. The molecule has 1 aromatic heterocycles. The lowest BCUT2D eigenvalue weighted by Crippen LogP contribution is -2.36. The van der Waals surface area contributed by atoms with E-state index in [2.05, 4.69) is 15.1 Å². The summed E-state index contributed by atoms with van der Waals surface area (Å²) in [4.78, 5) is 13.0. The molecule has 1 aliphatic heterocycles. The number of aromatic nitrogens is 2. The van der Waals surface area contributed by atoms with Crippen molar-refractivity contribution in [1.29, 1.82) is 0 Å². The van der Waals surface area contributed by atoms with Crippen LogP contribution >= 0.6 is 0 Å². The summed E-state index contributed by atoms with van der Waals surface area (Å²) >= 11 is 0. The fraction of sp³-hybridized carbons (Fsp3) is 0.333. The summed E-state index contributed by atoms with van der Waals surface area (Å²) in [6.07, 6.45) is 1.27. The van der Waals surface area contributed by atoms with Crippen LogP contribution in [0.3, 0.4) is 0 Å². The second-order valence-corrected chi connectivity index (χ2v) is 5.25. The second-order valence-electron chi connectivity index (χ2n) is 5.25. The molecule has 0 radical (unpaired) electrons. The fourth-order valence-electron chi connectivity index (χ4n) is 2.61. The predicted molar refractivity (Wildman–Crippen MR) is 76.6 cm³/mol. The van der Waals surface area contributed by atoms with Gasteiger partial charge >= 0.3 is 5.97 Å². The van der Waals surface area contributed by atoms with Crippen molar-refractivity contribution in [2.75, 3.05) is 18.0 Å². The number of aromatic amines is 1. The summed E-state index contributed by atoms with van der Waals surface area (Å²) in [5, 5.41) is 16.2. The quantitative estimate of drug-likeness (QED) is 0.911. The molecule has 110 valence electrons. The number of piperidine rings is 1. The van der Waals surface area contributed by atoms with Crippen molar-refractivity contribution < 1.29 is 14.3 Å². The molecule has 0 saturated carbocycles. The zero-order valence-electron chi connectivity index (χ0n) is 11.4. The van der Waals surface area contributed by atoms with Crippen LogP contribution in [0, 0.1) is 11.7 Å². The fourth-order valence-corrected chi connectivity index (χ4v) is 2.61. The van der Waals surface area contributed by atoms with Crippen molar-refractivity contribution in [3.05, 3.63) is 36.1 Å². The first-order valence-electron chi connectivity index (χ1n) is 6.92. The molecule has 0 unspecified atom stereocenters. The van der Waals surface area contributed by atoms with Crippen molar-refractivity contribution in [1.82, 2.24) is 10.2 Å². The number of nitrogens with one attached hydrogen (secondary N) is 1. The summed E-state index contributed by atoms with van der Waals surface area (Å²) < 4.78 is 12.9. The van der Waals surface area contributed by atoms with Crippen molar-refractivity contribution in [3.63, 3.8) is 0 Å². The van der Waals surface area contributed by atoms with Gasteiger partial charge in [0.2, 0.25) is 0 Å². The molecule has 2 heterocycles. The largest absolute Gasteiger partial charge is 0.481 e. The molecule has 2 aromatic rings. The Kier molecular flexibility index (Phi) is 3.60. The minimum Gasteiger partial charge on any atom is -0.481 e. The van der Waals surface area contributed by atoms with E-state index in [0.717, 1.165) is 17.1 Å². The third-order valence-corrected chi connectivity index (χ3v) is 3.89. The van der Waals surface area contributed by atoms with Crippen molar-refractivity contribution in [3.8, 4) is 11.3 Å². The standard InChI is InChI=1S/C15H16FN3O2/c16-12-3-1-10(2-4-12)13-9-14(18-17-13)19-7-5-11(6-8-19)15(20)21/h1-4,9,11H,5-8H2,(H,17,18)(H,20,21). The van der Waals surface area contributed by atoms with Gasteiger partial charge in [0.15, 0.2) is 5.82 Å². The molecule has 1 saturated heterocycles. The van der Waals surface area contributed by atoms with E-state index in [1.807, 2.05) is 6.07 Å². The third kappa shape index (κ3) is 2.89. The van der Waals surface area contributed by atoms with Gasteiger partial charge in [-0.1, -0.05) is 0 Å². The van der Waals surface area contributed by atoms with Crippen LogP contribution in [0.25, 0.3) is 11.3 Å². The summed E-state index contributed by atoms with van der Waals surface area (Å²) in [7, 11) is 0. The lowest BCUT2D eigenvalue weighted by atomic mass is 9.97. The van der Waals surface area contributed by atoms with E-state index in [9.17, 15) is 9.18 Å². The van der Waals surface area contributed by atoms with Gasteiger partial charge in [-0.2, -0.15) is 5.10 Å². The Morgan fingerprint density at radius 3 is 2.57 bits per heavy atom. The van der Waals surface area contributed by atoms with Gasteiger partial charge < -0.3 is 10.0 Å². The van der Waals surface area contributed by atoms with Crippen molar-refractivity contribution >= 4 is 11.8 Å². The Labute approximate surface area is 121 Å². The number of benzene rings is 1. The first-order valence-corrected chi connectivity index (χ1v) is 6.92. The van der Waals surface area contributed by atoms with Crippen molar-refractivity contribution in [2.24, 2.45) is 5.92 Å². The Morgan fingerprint density at radius 2 is 1.95 bits per heavy atom. The Hall–Kier alpha value is -2.37. The summed E-state index contributed by atoms with van der Waals surface area (Å²) in [5.74, 6) is -0.437. The normalized spacial score (nSPS) is 16.1. The van der Waals surface area contributed by atoms with E-state index in [1.165, 1.54) is 12.1 Å². The maximum Gasteiger partial charge on any atom is 0.306 e. The first kappa shape index (κ1) is 13.6. The monoisotopic (exact) mass is 289 g/mol. The molecular formula is C15H16FN3O2. The van der Waals surface area contributed by atoms with Gasteiger partial charge in [0, 0.05) is 19.2 Å². The number of anilines is 1. The molecular weight excluding hydrogens is 273 g/mol. The van der Waals surface area contributed by atoms with Crippen LogP contribution in [0.1, 0.15) is 12.8 Å². The van der Waals surface area contributed by atoms with E-state index in [1.54, 1.807) is 12.1 Å². The van der Waals surface area contributed by atoms with Crippen LogP contribution in [0.15, 0.2) is 30.3 Å². The molecule has 0 bridgehead atoms. The number of H-pyrrole nitrogens is 1. The summed E-state index contributed by atoms with van der Waals surface area (Å²) in [6, 6.07) is 8.13. The molecule has 3 rings (SSSR count). The van der Waals surface area contributed by atoms with Gasteiger partial charge in [0.1, 0.15) is 5.82 Å². The van der Waals surface area contributed by atoms with Crippen LogP contribution in [0.5, 0.6) is 0 Å². The van der Waals surface area contributed by atoms with Gasteiger partial charge in [0.05, 0.1) is 11.6 Å². The maximum atomic E-state index is 12.9. The smallest absolute Gasteiger partial charge is 0.306 e. The number of carboxylic acids is 1. The zero-order valence-corrected chi connectivity index (χ0v) is 11.4. The van der Waals surface area contributed by atoms with E-state index in [4.69, 9.17) is 5.11 Å². The Bertz CT molecular complexity index is 631. The topological polar surface area (TPSA) is 69.2 Å². The molecule has 1 aliphatic rings. The number of carboxylic acid groups (broad SMARTS) is 1. The van der Waals surface area contributed by atoms with E-state index in [-0.39, 0.29) is 11.7 Å². The highest BCUT2D eigenvalue weighted by Gasteiger charge is 2.25. The third-order valence-electron chi connectivity index (χ3n) is 3.89.